The summed E-state index contributed by atoms with van der Waals surface area (Å²) < 4.78 is 5.67. The third-order valence-electron chi connectivity index (χ3n) is 4.38. The van der Waals surface area contributed by atoms with Gasteiger partial charge in [-0.3, -0.25) is 4.79 Å². The van der Waals surface area contributed by atoms with Crippen molar-refractivity contribution in [2.45, 2.75) is 26.0 Å². The summed E-state index contributed by atoms with van der Waals surface area (Å²) in [7, 11) is 0. The van der Waals surface area contributed by atoms with Crippen LogP contribution in [0, 0.1) is 5.92 Å². The zero-order chi connectivity index (χ0) is 13.9. The highest BCUT2D eigenvalue weighted by Crippen LogP contribution is 2.35. The highest BCUT2D eigenvalue weighted by atomic mass is 16.5. The first-order chi connectivity index (χ1) is 9.78. The molecule has 1 saturated heterocycles. The Balaban J connectivity index is 1.62. The molecule has 0 aromatic heterocycles. The first-order valence-electron chi connectivity index (χ1n) is 7.48. The molecule has 108 valence electrons. The molecule has 0 spiro atoms. The number of carbonyl (C=O) groups is 1. The number of benzene rings is 1. The van der Waals surface area contributed by atoms with Gasteiger partial charge >= 0.3 is 0 Å². The standard InChI is InChI=1S/C16H22N2O2/c1-13-6-8-17(9-7-13)10-11-18-14-4-2-3-5-15(14)20-16(18)12-19/h2-5,12-13,16H,6-11H2,1H3. The van der Waals surface area contributed by atoms with Crippen LogP contribution in [0.4, 0.5) is 5.69 Å². The minimum Gasteiger partial charge on any atom is -0.461 e. The Morgan fingerprint density at radius 2 is 2.00 bits per heavy atom. The maximum Gasteiger partial charge on any atom is 0.229 e. The van der Waals surface area contributed by atoms with Crippen LogP contribution in [-0.2, 0) is 4.79 Å². The highest BCUT2D eigenvalue weighted by molar-refractivity contribution is 5.72. The number of ether oxygens (including phenoxy) is 1. The van der Waals surface area contributed by atoms with Crippen molar-refractivity contribution in [1.82, 2.24) is 4.90 Å². The Bertz CT molecular complexity index is 469. The van der Waals surface area contributed by atoms with Gasteiger partial charge in [0, 0.05) is 13.1 Å². The Kier molecular flexibility index (Phi) is 3.92. The summed E-state index contributed by atoms with van der Waals surface area (Å²) in [6, 6.07) is 7.88. The molecule has 4 nitrogen and oxygen atoms in total. The summed E-state index contributed by atoms with van der Waals surface area (Å²) in [5.41, 5.74) is 1.04. The van der Waals surface area contributed by atoms with Crippen LogP contribution in [0.3, 0.4) is 0 Å². The summed E-state index contributed by atoms with van der Waals surface area (Å²) in [5.74, 6) is 1.67. The largest absolute Gasteiger partial charge is 0.461 e. The van der Waals surface area contributed by atoms with E-state index in [4.69, 9.17) is 4.74 Å². The lowest BCUT2D eigenvalue weighted by molar-refractivity contribution is -0.113. The molecule has 0 radical (unpaired) electrons. The number of hydrogen-bond acceptors (Lipinski definition) is 4. The van der Waals surface area contributed by atoms with Gasteiger partial charge in [0.15, 0.2) is 6.29 Å². The number of anilines is 1. The van der Waals surface area contributed by atoms with Crippen molar-refractivity contribution < 1.29 is 9.53 Å². The third-order valence-corrected chi connectivity index (χ3v) is 4.38. The van der Waals surface area contributed by atoms with E-state index in [-0.39, 0.29) is 0 Å². The molecular formula is C16H22N2O2. The van der Waals surface area contributed by atoms with Crippen LogP contribution in [0.25, 0.3) is 0 Å². The second kappa shape index (κ2) is 5.83. The molecule has 1 aromatic rings. The smallest absolute Gasteiger partial charge is 0.229 e. The molecule has 0 amide bonds. The molecule has 4 heteroatoms. The molecule has 0 bridgehead atoms. The lowest BCUT2D eigenvalue weighted by Gasteiger charge is -2.32. The number of para-hydroxylation sites is 2. The van der Waals surface area contributed by atoms with Crippen molar-refractivity contribution >= 4 is 12.0 Å². The van der Waals surface area contributed by atoms with Crippen molar-refractivity contribution in [1.29, 1.82) is 0 Å². The SMILES string of the molecule is CC1CCN(CCN2c3ccccc3OC2C=O)CC1. The van der Waals surface area contributed by atoms with Crippen LogP contribution in [0.2, 0.25) is 0 Å². The predicted molar refractivity (Wildman–Crippen MR) is 79.1 cm³/mol. The minimum atomic E-state index is -0.462. The fourth-order valence-corrected chi connectivity index (χ4v) is 3.01. The van der Waals surface area contributed by atoms with Crippen LogP contribution >= 0.6 is 0 Å². The Morgan fingerprint density at radius 1 is 1.25 bits per heavy atom. The van der Waals surface area contributed by atoms with E-state index in [0.717, 1.165) is 36.7 Å². The first kappa shape index (κ1) is 13.4. The summed E-state index contributed by atoms with van der Waals surface area (Å²) >= 11 is 0. The van der Waals surface area contributed by atoms with E-state index in [9.17, 15) is 4.79 Å². The van der Waals surface area contributed by atoms with Gasteiger partial charge in [-0.25, -0.2) is 0 Å². The zero-order valence-corrected chi connectivity index (χ0v) is 12.0. The minimum absolute atomic E-state index is 0.462. The van der Waals surface area contributed by atoms with E-state index < -0.39 is 6.23 Å². The molecule has 1 unspecified atom stereocenters. The summed E-state index contributed by atoms with van der Waals surface area (Å²) in [5, 5.41) is 0. The molecular weight excluding hydrogens is 252 g/mol. The van der Waals surface area contributed by atoms with Crippen LogP contribution in [0.1, 0.15) is 19.8 Å². The number of nitrogens with zero attached hydrogens (tertiary/aromatic N) is 2. The van der Waals surface area contributed by atoms with Crippen molar-refractivity contribution in [2.24, 2.45) is 5.92 Å². The van der Waals surface area contributed by atoms with Crippen molar-refractivity contribution in [3.8, 4) is 5.75 Å². The van der Waals surface area contributed by atoms with E-state index in [1.165, 1.54) is 25.9 Å². The summed E-state index contributed by atoms with van der Waals surface area (Å²) in [6.45, 7) is 6.50. The van der Waals surface area contributed by atoms with Crippen molar-refractivity contribution in [3.05, 3.63) is 24.3 Å². The van der Waals surface area contributed by atoms with E-state index in [1.807, 2.05) is 24.3 Å². The molecule has 2 heterocycles. The maximum atomic E-state index is 11.2. The van der Waals surface area contributed by atoms with Gasteiger partial charge in [0.1, 0.15) is 5.75 Å². The van der Waals surface area contributed by atoms with E-state index in [0.29, 0.717) is 0 Å². The Hall–Kier alpha value is -1.55. The van der Waals surface area contributed by atoms with Crippen LogP contribution in [0.15, 0.2) is 24.3 Å². The van der Waals surface area contributed by atoms with Gasteiger partial charge in [0.2, 0.25) is 6.23 Å². The number of hydrogen-bond donors (Lipinski definition) is 0. The third kappa shape index (κ3) is 2.66. The van der Waals surface area contributed by atoms with Crippen LogP contribution in [-0.4, -0.2) is 43.6 Å². The molecule has 2 aliphatic rings. The second-order valence-corrected chi connectivity index (χ2v) is 5.83. The average Bonchev–Trinajstić information content (AvgIpc) is 2.84. The number of aldehydes is 1. The van der Waals surface area contributed by atoms with Gasteiger partial charge in [-0.1, -0.05) is 19.1 Å². The lowest BCUT2D eigenvalue weighted by Crippen LogP contribution is -2.43. The number of likely N-dealkylation sites (tertiary alicyclic amines) is 1. The average molecular weight is 274 g/mol. The van der Waals surface area contributed by atoms with Gasteiger partial charge in [-0.2, -0.15) is 0 Å². The van der Waals surface area contributed by atoms with Crippen LogP contribution < -0.4 is 9.64 Å². The van der Waals surface area contributed by atoms with Crippen LogP contribution in [0.5, 0.6) is 5.75 Å². The van der Waals surface area contributed by atoms with Crippen molar-refractivity contribution in [2.75, 3.05) is 31.1 Å². The Morgan fingerprint density at radius 3 is 2.75 bits per heavy atom. The van der Waals surface area contributed by atoms with Gasteiger partial charge in [0.05, 0.1) is 5.69 Å². The molecule has 0 N–H and O–H groups in total. The fraction of sp³-hybridized carbons (Fsp3) is 0.562. The molecule has 1 atom stereocenters. The van der Waals surface area contributed by atoms with Gasteiger partial charge in [-0.15, -0.1) is 0 Å². The van der Waals surface area contributed by atoms with Gasteiger partial charge in [-0.05, 0) is 44.0 Å². The van der Waals surface area contributed by atoms with Gasteiger partial charge < -0.3 is 14.5 Å². The maximum absolute atomic E-state index is 11.2. The summed E-state index contributed by atoms with van der Waals surface area (Å²) in [4.78, 5) is 15.8. The summed E-state index contributed by atoms with van der Waals surface area (Å²) in [6.07, 6.45) is 2.99. The van der Waals surface area contributed by atoms with E-state index in [2.05, 4.69) is 16.7 Å². The number of carbonyl (C=O) groups excluding carboxylic acids is 1. The predicted octanol–water partition coefficient (Wildman–Crippen LogP) is 2.14. The number of piperidine rings is 1. The van der Waals surface area contributed by atoms with Crippen molar-refractivity contribution in [3.63, 3.8) is 0 Å². The highest BCUT2D eigenvalue weighted by Gasteiger charge is 2.30. The first-order valence-corrected chi connectivity index (χ1v) is 7.48. The molecule has 2 aliphatic heterocycles. The molecule has 1 aromatic carbocycles. The normalized spacial score (nSPS) is 23.4. The Labute approximate surface area is 120 Å². The topological polar surface area (TPSA) is 32.8 Å². The number of rotatable bonds is 4. The molecule has 20 heavy (non-hydrogen) atoms. The fourth-order valence-electron chi connectivity index (χ4n) is 3.01. The van der Waals surface area contributed by atoms with Gasteiger partial charge in [0.25, 0.3) is 0 Å². The molecule has 0 saturated carbocycles. The molecule has 0 aliphatic carbocycles. The molecule has 3 rings (SSSR count). The quantitative estimate of drug-likeness (QED) is 0.788. The van der Waals surface area contributed by atoms with E-state index in [1.54, 1.807) is 0 Å². The molecule has 1 fully saturated rings. The lowest BCUT2D eigenvalue weighted by atomic mass is 9.99. The zero-order valence-electron chi connectivity index (χ0n) is 12.0. The monoisotopic (exact) mass is 274 g/mol. The number of fused-ring (bicyclic) bond motifs is 1. The second-order valence-electron chi connectivity index (χ2n) is 5.83. The van der Waals surface area contributed by atoms with E-state index >= 15 is 0 Å².